The summed E-state index contributed by atoms with van der Waals surface area (Å²) in [7, 11) is 1.68. The fourth-order valence-electron chi connectivity index (χ4n) is 3.48. The predicted octanol–water partition coefficient (Wildman–Crippen LogP) is 7.18. The molecule has 4 rings (SSSR count). The van der Waals surface area contributed by atoms with Crippen molar-refractivity contribution in [2.75, 3.05) is 7.11 Å². The molecule has 0 radical (unpaired) electrons. The summed E-state index contributed by atoms with van der Waals surface area (Å²) in [5.41, 5.74) is 6.73. The Labute approximate surface area is 165 Å². The van der Waals surface area contributed by atoms with Crippen molar-refractivity contribution in [2.24, 2.45) is 0 Å². The Morgan fingerprint density at radius 2 is 1.57 bits per heavy atom. The highest BCUT2D eigenvalue weighted by Gasteiger charge is 2.22. The zero-order chi connectivity index (χ0) is 19.5. The third-order valence-corrected chi connectivity index (χ3v) is 4.99. The van der Waals surface area contributed by atoms with Crippen LogP contribution in [0.15, 0.2) is 77.2 Å². The van der Waals surface area contributed by atoms with Crippen LogP contribution in [0.25, 0.3) is 34.2 Å². The molecule has 3 aromatic carbocycles. The molecule has 28 heavy (non-hydrogen) atoms. The lowest BCUT2D eigenvalue weighted by Gasteiger charge is -2.06. The fraction of sp³-hybridized carbons (Fsp3) is 0.115. The van der Waals surface area contributed by atoms with Crippen molar-refractivity contribution in [1.29, 1.82) is 0 Å². The van der Waals surface area contributed by atoms with E-state index in [1.165, 1.54) is 11.1 Å². The minimum absolute atomic E-state index is 0.851. The molecule has 2 heteroatoms. The molecule has 0 saturated heterocycles. The van der Waals surface area contributed by atoms with Gasteiger partial charge in [0.15, 0.2) is 0 Å². The van der Waals surface area contributed by atoms with Gasteiger partial charge in [0.2, 0.25) is 0 Å². The molecule has 0 spiro atoms. The van der Waals surface area contributed by atoms with E-state index in [1.807, 2.05) is 30.3 Å². The Kier molecular flexibility index (Phi) is 4.94. The smallest absolute Gasteiger partial charge is 0.361 e. The minimum Gasteiger partial charge on any atom is -0.497 e. The Bertz CT molecular complexity index is 1140. The van der Waals surface area contributed by atoms with Gasteiger partial charge in [0.05, 0.1) is 18.1 Å². The summed E-state index contributed by atoms with van der Waals surface area (Å²) in [4.78, 5) is 0. The van der Waals surface area contributed by atoms with Crippen molar-refractivity contribution in [3.63, 3.8) is 0 Å². The summed E-state index contributed by atoms with van der Waals surface area (Å²) in [6, 6.07) is 24.7. The van der Waals surface area contributed by atoms with Crippen molar-refractivity contribution < 1.29 is 9.15 Å². The quantitative estimate of drug-likeness (QED) is 0.356. The van der Waals surface area contributed by atoms with E-state index >= 15 is 0 Å². The summed E-state index contributed by atoms with van der Waals surface area (Å²) in [5.74, 6) is 1.71. The molecule has 2 nitrogen and oxygen atoms in total. The topological polar surface area (TPSA) is 20.5 Å². The van der Waals surface area contributed by atoms with Gasteiger partial charge in [-0.15, -0.1) is 0 Å². The van der Waals surface area contributed by atoms with E-state index in [0.29, 0.717) is 0 Å². The van der Waals surface area contributed by atoms with E-state index in [-0.39, 0.29) is 0 Å². The average Bonchev–Trinajstić information content (AvgIpc) is 2.74. The van der Waals surface area contributed by atoms with Gasteiger partial charge in [-0.25, -0.2) is 4.42 Å². The second-order valence-electron chi connectivity index (χ2n) is 6.94. The van der Waals surface area contributed by atoms with E-state index in [4.69, 9.17) is 9.15 Å². The summed E-state index contributed by atoms with van der Waals surface area (Å²) in [6.45, 7) is 4.28. The molecule has 0 atom stereocenters. The van der Waals surface area contributed by atoms with Gasteiger partial charge in [0.1, 0.15) is 5.75 Å². The SMILES string of the molecule is COc1ccc(C=Cc2[o+]c3ccc(C)cc3c(C)c2-c2ccccc2)cc1. The van der Waals surface area contributed by atoms with Gasteiger partial charge in [-0.1, -0.05) is 42.5 Å². The monoisotopic (exact) mass is 367 g/mol. The molecule has 0 fully saturated rings. The molecule has 0 N–H and O–H groups in total. The molecule has 1 heterocycles. The lowest BCUT2D eigenvalue weighted by molar-refractivity contribution is 0.415. The van der Waals surface area contributed by atoms with Gasteiger partial charge in [-0.2, -0.15) is 0 Å². The molecule has 0 aliphatic heterocycles. The molecule has 1 aromatic heterocycles. The number of hydrogen-bond acceptors (Lipinski definition) is 1. The number of rotatable bonds is 4. The third kappa shape index (κ3) is 3.54. The fourth-order valence-corrected chi connectivity index (χ4v) is 3.48. The van der Waals surface area contributed by atoms with Gasteiger partial charge < -0.3 is 4.74 Å². The van der Waals surface area contributed by atoms with Crippen molar-refractivity contribution in [3.8, 4) is 16.9 Å². The third-order valence-electron chi connectivity index (χ3n) is 4.99. The van der Waals surface area contributed by atoms with Crippen LogP contribution in [-0.2, 0) is 0 Å². The maximum absolute atomic E-state index is 6.34. The van der Waals surface area contributed by atoms with Crippen LogP contribution < -0.4 is 4.74 Å². The van der Waals surface area contributed by atoms with Crippen molar-refractivity contribution in [2.45, 2.75) is 13.8 Å². The Balaban J connectivity index is 1.88. The van der Waals surface area contributed by atoms with Gasteiger partial charge in [-0.3, -0.25) is 0 Å². The van der Waals surface area contributed by atoms with Crippen LogP contribution in [0.4, 0.5) is 0 Å². The first kappa shape index (κ1) is 18.0. The molecule has 0 bridgehead atoms. The summed E-state index contributed by atoms with van der Waals surface area (Å²) >= 11 is 0. The molecule has 0 unspecified atom stereocenters. The number of benzene rings is 3. The molecule has 0 aliphatic carbocycles. The van der Waals surface area contributed by atoms with E-state index in [2.05, 4.69) is 68.5 Å². The van der Waals surface area contributed by atoms with Crippen LogP contribution in [0.2, 0.25) is 0 Å². The zero-order valence-corrected chi connectivity index (χ0v) is 16.4. The molecule has 0 amide bonds. The summed E-state index contributed by atoms with van der Waals surface area (Å²) in [5, 5.41) is 1.15. The van der Waals surface area contributed by atoms with Crippen LogP contribution >= 0.6 is 0 Å². The normalized spacial score (nSPS) is 11.2. The second-order valence-corrected chi connectivity index (χ2v) is 6.94. The summed E-state index contributed by atoms with van der Waals surface area (Å²) in [6.07, 6.45) is 4.13. The van der Waals surface area contributed by atoms with Gasteiger partial charge in [0, 0.05) is 12.1 Å². The van der Waals surface area contributed by atoms with Crippen molar-refractivity contribution >= 4 is 23.1 Å². The Morgan fingerprint density at radius 1 is 0.821 bits per heavy atom. The number of fused-ring (bicyclic) bond motifs is 1. The first-order chi connectivity index (χ1) is 13.7. The van der Waals surface area contributed by atoms with Crippen LogP contribution in [0, 0.1) is 13.8 Å². The van der Waals surface area contributed by atoms with Crippen molar-refractivity contribution in [1.82, 2.24) is 0 Å². The number of aryl methyl sites for hydroxylation is 2. The highest BCUT2D eigenvalue weighted by molar-refractivity contribution is 5.91. The van der Waals surface area contributed by atoms with Crippen LogP contribution in [0.1, 0.15) is 22.5 Å². The molecular formula is C26H23O2+. The van der Waals surface area contributed by atoms with E-state index in [1.54, 1.807) is 7.11 Å². The molecule has 0 aliphatic rings. The number of ether oxygens (including phenoxy) is 1. The second kappa shape index (κ2) is 7.69. The van der Waals surface area contributed by atoms with Crippen LogP contribution in [0.5, 0.6) is 5.75 Å². The highest BCUT2D eigenvalue weighted by atomic mass is 16.5. The average molecular weight is 367 g/mol. The van der Waals surface area contributed by atoms with Crippen molar-refractivity contribution in [3.05, 3.63) is 95.2 Å². The van der Waals surface area contributed by atoms with E-state index in [0.717, 1.165) is 39.2 Å². The largest absolute Gasteiger partial charge is 0.497 e. The first-order valence-corrected chi connectivity index (χ1v) is 9.40. The minimum atomic E-state index is 0.851. The van der Waals surface area contributed by atoms with Gasteiger partial charge in [0.25, 0.3) is 0 Å². The maximum atomic E-state index is 6.34. The molecular weight excluding hydrogens is 344 g/mol. The van der Waals surface area contributed by atoms with E-state index in [9.17, 15) is 0 Å². The Hall–Kier alpha value is -3.39. The Morgan fingerprint density at radius 3 is 2.29 bits per heavy atom. The molecule has 4 aromatic rings. The maximum Gasteiger partial charge on any atom is 0.361 e. The first-order valence-electron chi connectivity index (χ1n) is 9.40. The lowest BCUT2D eigenvalue weighted by Crippen LogP contribution is -1.91. The van der Waals surface area contributed by atoms with E-state index < -0.39 is 0 Å². The zero-order valence-electron chi connectivity index (χ0n) is 16.4. The van der Waals surface area contributed by atoms with Gasteiger partial charge >= 0.3 is 11.3 Å². The number of hydrogen-bond donors (Lipinski definition) is 0. The standard InChI is InChI=1S/C26H23O2/c1-18-9-15-24-23(17-18)19(2)26(21-7-5-4-6-8-21)25(28-24)16-12-20-10-13-22(27-3)14-11-20/h4-17H,1-3H3/q+1. The molecule has 138 valence electrons. The lowest BCUT2D eigenvalue weighted by atomic mass is 9.95. The summed E-state index contributed by atoms with van der Waals surface area (Å²) < 4.78 is 11.6. The van der Waals surface area contributed by atoms with Crippen LogP contribution in [0.3, 0.4) is 0 Å². The number of methoxy groups -OCH3 is 1. The highest BCUT2D eigenvalue weighted by Crippen LogP contribution is 2.35. The predicted molar refractivity (Wildman–Crippen MR) is 117 cm³/mol. The molecule has 0 saturated carbocycles. The van der Waals surface area contributed by atoms with Crippen LogP contribution in [-0.4, -0.2) is 7.11 Å². The van der Waals surface area contributed by atoms with Gasteiger partial charge in [-0.05, 0) is 66.4 Å².